The number of carbonyl (C=O) groups excluding carboxylic acids is 1. The summed E-state index contributed by atoms with van der Waals surface area (Å²) in [6.45, 7) is 9.48. The van der Waals surface area contributed by atoms with Crippen LogP contribution in [-0.2, 0) is 39.4 Å². The van der Waals surface area contributed by atoms with E-state index >= 15 is 0 Å². The monoisotopic (exact) mass is 491 g/mol. The molecule has 0 bridgehead atoms. The fourth-order valence-corrected chi connectivity index (χ4v) is 6.27. The largest absolute Gasteiger partial charge is 0.458 e. The highest BCUT2D eigenvalue weighted by atomic mass is 19.1. The van der Waals surface area contributed by atoms with E-state index in [4.69, 9.17) is 20.2 Å². The first-order valence-corrected chi connectivity index (χ1v) is 12.5. The number of carbonyl (C=O) groups is 1. The molecule has 2 aromatic heterocycles. The number of hydrogen-bond donors (Lipinski definition) is 1. The van der Waals surface area contributed by atoms with E-state index in [0.717, 1.165) is 22.1 Å². The van der Waals surface area contributed by atoms with Crippen molar-refractivity contribution in [1.29, 1.82) is 0 Å². The van der Waals surface area contributed by atoms with Gasteiger partial charge in [0.1, 0.15) is 12.4 Å². The molecule has 0 saturated heterocycles. The summed E-state index contributed by atoms with van der Waals surface area (Å²) in [5.41, 5.74) is 10.4. The van der Waals surface area contributed by atoms with Crippen LogP contribution >= 0.6 is 0 Å². The summed E-state index contributed by atoms with van der Waals surface area (Å²) in [4.78, 5) is 31.8. The van der Waals surface area contributed by atoms with E-state index in [1.54, 1.807) is 11.5 Å². The summed E-state index contributed by atoms with van der Waals surface area (Å²) in [5.74, 6) is -0.792. The smallest absolute Gasteiger partial charge is 0.343 e. The molecule has 2 N–H and O–H groups in total. The van der Waals surface area contributed by atoms with Gasteiger partial charge >= 0.3 is 5.97 Å². The zero-order valence-electron chi connectivity index (χ0n) is 21.3. The summed E-state index contributed by atoms with van der Waals surface area (Å²) in [7, 11) is 0. The average molecular weight is 492 g/mol. The average Bonchev–Trinajstić information content (AvgIpc) is 3.18. The number of fused-ring (bicyclic) bond motifs is 5. The number of halogens is 1. The first-order valence-electron chi connectivity index (χ1n) is 12.5. The van der Waals surface area contributed by atoms with Crippen LogP contribution in [0, 0.1) is 12.7 Å². The van der Waals surface area contributed by atoms with Gasteiger partial charge in [-0.3, -0.25) is 4.79 Å². The summed E-state index contributed by atoms with van der Waals surface area (Å²) in [6.07, 6.45) is 1.70. The topological polar surface area (TPSA) is 96.4 Å². The maximum atomic E-state index is 14.8. The third-order valence-corrected chi connectivity index (χ3v) is 7.87. The summed E-state index contributed by atoms with van der Waals surface area (Å²) >= 11 is 0. The van der Waals surface area contributed by atoms with Crippen LogP contribution in [0.1, 0.15) is 80.0 Å². The normalized spacial score (nSPS) is 22.3. The molecule has 2 aliphatic heterocycles. The number of benzene rings is 1. The van der Waals surface area contributed by atoms with Crippen LogP contribution in [0.3, 0.4) is 0 Å². The fraction of sp³-hybridized carbons (Fsp3) is 0.464. The van der Waals surface area contributed by atoms with Crippen LogP contribution < -0.4 is 11.3 Å². The number of nitrogens with zero attached hydrogens (tertiary/aromatic N) is 2. The van der Waals surface area contributed by atoms with Gasteiger partial charge in [0.05, 0.1) is 34.6 Å². The SMILES string of the molecule is CC[C@@]1(OC(C)(C)C)C(=O)OCc2c1cc1n(c2=O)Cc2c-1nc1cc(F)c(C)c3c1c2[C@H](N)CC3. The summed E-state index contributed by atoms with van der Waals surface area (Å²) in [5, 5.41) is 0.912. The number of rotatable bonds is 2. The molecule has 0 saturated carbocycles. The molecule has 7 nitrogen and oxygen atoms in total. The van der Waals surface area contributed by atoms with Crippen LogP contribution in [0.25, 0.3) is 22.3 Å². The molecule has 1 aliphatic carbocycles. The van der Waals surface area contributed by atoms with Crippen molar-refractivity contribution in [1.82, 2.24) is 9.55 Å². The van der Waals surface area contributed by atoms with Gasteiger partial charge in [-0.05, 0) is 69.7 Å². The lowest BCUT2D eigenvalue weighted by atomic mass is 9.82. The van der Waals surface area contributed by atoms with Crippen LogP contribution in [0.5, 0.6) is 0 Å². The maximum absolute atomic E-state index is 14.8. The number of esters is 1. The van der Waals surface area contributed by atoms with Gasteiger partial charge in [-0.2, -0.15) is 0 Å². The highest BCUT2D eigenvalue weighted by Gasteiger charge is 2.50. The Morgan fingerprint density at radius 2 is 2.00 bits per heavy atom. The number of aromatic nitrogens is 2. The van der Waals surface area contributed by atoms with E-state index in [1.165, 1.54) is 6.07 Å². The molecular weight excluding hydrogens is 461 g/mol. The van der Waals surface area contributed by atoms with Crippen LogP contribution in [0.15, 0.2) is 16.9 Å². The number of nitrogens with two attached hydrogens (primary N) is 1. The van der Waals surface area contributed by atoms with Gasteiger partial charge < -0.3 is 19.8 Å². The maximum Gasteiger partial charge on any atom is 0.343 e. The highest BCUT2D eigenvalue weighted by Crippen LogP contribution is 2.46. The van der Waals surface area contributed by atoms with Crippen LogP contribution in [0.4, 0.5) is 4.39 Å². The number of pyridine rings is 2. The third kappa shape index (κ3) is 3.00. The van der Waals surface area contributed by atoms with Gasteiger partial charge in [0, 0.05) is 28.6 Å². The number of cyclic esters (lactones) is 1. The Morgan fingerprint density at radius 3 is 2.69 bits per heavy atom. The predicted molar refractivity (Wildman–Crippen MR) is 133 cm³/mol. The minimum Gasteiger partial charge on any atom is -0.458 e. The summed E-state index contributed by atoms with van der Waals surface area (Å²) < 4.78 is 28.3. The van der Waals surface area contributed by atoms with E-state index in [2.05, 4.69) is 0 Å². The summed E-state index contributed by atoms with van der Waals surface area (Å²) in [6, 6.07) is 3.08. The van der Waals surface area contributed by atoms with E-state index < -0.39 is 17.2 Å². The molecule has 1 aromatic carbocycles. The van der Waals surface area contributed by atoms with Gasteiger partial charge in [-0.15, -0.1) is 0 Å². The van der Waals surface area contributed by atoms with Crippen LogP contribution in [-0.4, -0.2) is 21.1 Å². The Morgan fingerprint density at radius 1 is 1.25 bits per heavy atom. The van der Waals surface area contributed by atoms with Gasteiger partial charge in [0.2, 0.25) is 0 Å². The first-order chi connectivity index (χ1) is 17.0. The molecule has 0 unspecified atom stereocenters. The third-order valence-electron chi connectivity index (χ3n) is 7.87. The Kier molecular flexibility index (Phi) is 4.83. The van der Waals surface area contributed by atoms with Crippen LogP contribution in [0.2, 0.25) is 0 Å². The van der Waals surface area contributed by atoms with E-state index in [1.807, 2.05) is 33.8 Å². The molecule has 6 rings (SSSR count). The standard InChI is InChI=1S/C28H30FN3O4/c1-6-28(36-27(3,4)5)17-9-21-24-15(11-32(21)25(33)16(17)12-35-26(28)34)22-19(30)8-7-14-13(2)18(29)10-20(31-24)23(14)22/h9-10,19H,6-8,11-12,30H2,1-5H3/t19-,28+/m1/s1. The molecule has 0 radical (unpaired) electrons. The second-order valence-electron chi connectivity index (χ2n) is 11.1. The van der Waals surface area contributed by atoms with E-state index in [0.29, 0.717) is 59.4 Å². The van der Waals surface area contributed by atoms with Crippen molar-refractivity contribution >= 4 is 16.9 Å². The lowest BCUT2D eigenvalue weighted by Gasteiger charge is -2.40. The molecule has 4 heterocycles. The van der Waals surface area contributed by atoms with Gasteiger partial charge in [-0.25, -0.2) is 14.2 Å². The van der Waals surface area contributed by atoms with Gasteiger partial charge in [-0.1, -0.05) is 6.92 Å². The van der Waals surface area contributed by atoms with Crippen molar-refractivity contribution in [2.24, 2.45) is 5.73 Å². The van der Waals surface area contributed by atoms with Crippen molar-refractivity contribution in [3.8, 4) is 11.4 Å². The Balaban J connectivity index is 1.66. The fourth-order valence-electron chi connectivity index (χ4n) is 6.27. The molecule has 0 amide bonds. The number of aryl methyl sites for hydroxylation is 1. The highest BCUT2D eigenvalue weighted by molar-refractivity contribution is 5.93. The number of hydrogen-bond acceptors (Lipinski definition) is 6. The molecular formula is C28H30FN3O4. The van der Waals surface area contributed by atoms with Crippen molar-refractivity contribution in [2.75, 3.05) is 0 Å². The lowest BCUT2D eigenvalue weighted by Crippen LogP contribution is -2.49. The Labute approximate surface area is 208 Å². The van der Waals surface area contributed by atoms with Crippen molar-refractivity contribution in [3.63, 3.8) is 0 Å². The quantitative estimate of drug-likeness (QED) is 0.420. The zero-order chi connectivity index (χ0) is 25.7. The van der Waals surface area contributed by atoms with E-state index in [9.17, 15) is 14.0 Å². The zero-order valence-corrected chi connectivity index (χ0v) is 21.3. The van der Waals surface area contributed by atoms with Crippen molar-refractivity contribution in [3.05, 3.63) is 61.7 Å². The molecule has 0 fully saturated rings. The Bertz CT molecular complexity index is 1550. The molecule has 3 aliphatic rings. The molecule has 3 aromatic rings. The Hall–Kier alpha value is -3.10. The van der Waals surface area contributed by atoms with Crippen molar-refractivity contribution in [2.45, 2.75) is 84.3 Å². The predicted octanol–water partition coefficient (Wildman–Crippen LogP) is 4.30. The van der Waals surface area contributed by atoms with E-state index in [-0.39, 0.29) is 24.0 Å². The molecule has 36 heavy (non-hydrogen) atoms. The number of ether oxygens (including phenoxy) is 2. The minimum atomic E-state index is -1.40. The molecule has 188 valence electrons. The second kappa shape index (κ2) is 7.46. The van der Waals surface area contributed by atoms with Gasteiger partial charge in [0.15, 0.2) is 5.60 Å². The second-order valence-corrected chi connectivity index (χ2v) is 11.1. The van der Waals surface area contributed by atoms with Crippen molar-refractivity contribution < 1.29 is 18.7 Å². The molecule has 8 heteroatoms. The lowest BCUT2D eigenvalue weighted by molar-refractivity contribution is -0.200. The van der Waals surface area contributed by atoms with Gasteiger partial charge in [0.25, 0.3) is 5.56 Å². The minimum absolute atomic E-state index is 0.102. The first kappa shape index (κ1) is 23.3. The molecule has 2 atom stereocenters. The molecule has 0 spiro atoms.